The Morgan fingerprint density at radius 2 is 2.19 bits per heavy atom. The first-order chi connectivity index (χ1) is 9.92. The van der Waals surface area contributed by atoms with Gasteiger partial charge in [-0.3, -0.25) is 4.79 Å². The molecule has 3 nitrogen and oxygen atoms in total. The molecule has 112 valence electrons. The minimum absolute atomic E-state index is 0.0479. The molecule has 1 aromatic rings. The van der Waals surface area contributed by atoms with E-state index in [0.29, 0.717) is 5.25 Å². The normalized spacial score (nSPS) is 22.4. The molecule has 2 aliphatic heterocycles. The van der Waals surface area contributed by atoms with Gasteiger partial charge in [-0.05, 0) is 60.2 Å². The molecule has 0 amide bonds. The van der Waals surface area contributed by atoms with Crippen LogP contribution in [0.5, 0.6) is 5.75 Å². The molecule has 0 aliphatic carbocycles. The summed E-state index contributed by atoms with van der Waals surface area (Å²) in [5.74, 6) is 0.843. The lowest BCUT2D eigenvalue weighted by molar-refractivity contribution is -0.109. The number of nitrogens with one attached hydrogen (secondary N) is 1. The number of hydrogen-bond donors (Lipinski definition) is 1. The van der Waals surface area contributed by atoms with Crippen molar-refractivity contribution in [3.8, 4) is 5.75 Å². The summed E-state index contributed by atoms with van der Waals surface area (Å²) < 4.78 is 6.47. The minimum Gasteiger partial charge on any atom is -0.497 e. The Balaban J connectivity index is 2.17. The zero-order valence-electron chi connectivity index (χ0n) is 12.4. The second kappa shape index (κ2) is 5.48. The highest BCUT2D eigenvalue weighted by molar-refractivity contribution is 8.81. The summed E-state index contributed by atoms with van der Waals surface area (Å²) >= 11 is 1.34. The maximum absolute atomic E-state index is 11.5. The summed E-state index contributed by atoms with van der Waals surface area (Å²) in [6.45, 7) is 6.04. The van der Waals surface area contributed by atoms with Gasteiger partial charge in [0.05, 0.1) is 16.6 Å². The minimum atomic E-state index is -0.0479. The molecule has 2 heterocycles. The summed E-state index contributed by atoms with van der Waals surface area (Å²) in [5.41, 5.74) is 3.48. The quantitative estimate of drug-likeness (QED) is 0.793. The van der Waals surface area contributed by atoms with Crippen LogP contribution in [0.3, 0.4) is 0 Å². The lowest BCUT2D eigenvalue weighted by Gasteiger charge is -2.40. The third-order valence-electron chi connectivity index (χ3n) is 3.57. The molecule has 1 N–H and O–H groups in total. The lowest BCUT2D eigenvalue weighted by Crippen LogP contribution is -2.44. The average Bonchev–Trinajstić information content (AvgIpc) is 2.82. The van der Waals surface area contributed by atoms with E-state index < -0.39 is 0 Å². The molecule has 0 saturated carbocycles. The van der Waals surface area contributed by atoms with Gasteiger partial charge in [0, 0.05) is 23.7 Å². The molecule has 0 aromatic heterocycles. The van der Waals surface area contributed by atoms with E-state index in [4.69, 9.17) is 4.74 Å². The van der Waals surface area contributed by atoms with Gasteiger partial charge in [0.2, 0.25) is 0 Å². The number of thioether (sulfide) groups is 1. The molecule has 0 bridgehead atoms. The molecule has 6 heteroatoms. The van der Waals surface area contributed by atoms with Crippen molar-refractivity contribution < 1.29 is 9.53 Å². The van der Waals surface area contributed by atoms with Crippen LogP contribution in [0.4, 0.5) is 5.69 Å². The first-order valence-electron chi connectivity index (χ1n) is 6.65. The first-order valence-corrected chi connectivity index (χ1v) is 9.68. The van der Waals surface area contributed by atoms with E-state index >= 15 is 0 Å². The molecule has 21 heavy (non-hydrogen) atoms. The summed E-state index contributed by atoms with van der Waals surface area (Å²) in [6.07, 6.45) is 0. The van der Waals surface area contributed by atoms with Gasteiger partial charge >= 0.3 is 0 Å². The maximum Gasteiger partial charge on any atom is 0.191 e. The number of carbonyl (C=O) groups is 1. The predicted octanol–water partition coefficient (Wildman–Crippen LogP) is 4.61. The van der Waals surface area contributed by atoms with Crippen LogP contribution < -0.4 is 10.1 Å². The lowest BCUT2D eigenvalue weighted by atomic mass is 9.85. The van der Waals surface area contributed by atoms with Crippen LogP contribution >= 0.6 is 33.3 Å². The Labute approximate surface area is 137 Å². The zero-order chi connectivity index (χ0) is 15.2. The van der Waals surface area contributed by atoms with E-state index in [0.717, 1.165) is 21.2 Å². The monoisotopic (exact) mass is 339 g/mol. The highest BCUT2D eigenvalue weighted by atomic mass is 33.1. The van der Waals surface area contributed by atoms with Crippen LogP contribution in [-0.2, 0) is 4.79 Å². The Morgan fingerprint density at radius 1 is 1.43 bits per heavy atom. The van der Waals surface area contributed by atoms with Crippen LogP contribution in [0, 0.1) is 0 Å². The highest BCUT2D eigenvalue weighted by Crippen LogP contribution is 2.61. The standard InChI is InChI=1S/C15H17NO2S3/c1-8(17)19-14-12-10-7-9(18-4)5-6-11(10)16-15(2,3)13(12)20-21-14/h5-7,13,16H,1-4H3. The van der Waals surface area contributed by atoms with Crippen LogP contribution in [0.15, 0.2) is 22.4 Å². The second-order valence-electron chi connectivity index (χ2n) is 5.61. The third kappa shape index (κ3) is 2.69. The van der Waals surface area contributed by atoms with Gasteiger partial charge in [-0.15, -0.1) is 0 Å². The van der Waals surface area contributed by atoms with Gasteiger partial charge in [-0.25, -0.2) is 0 Å². The van der Waals surface area contributed by atoms with Crippen molar-refractivity contribution in [2.45, 2.75) is 31.6 Å². The smallest absolute Gasteiger partial charge is 0.191 e. The molecule has 0 saturated heterocycles. The SMILES string of the molecule is COc1ccc2c(c1)C1=C(SC(C)=O)SSC1C(C)(C)N2. The summed E-state index contributed by atoms with van der Waals surface area (Å²) in [5, 5.41) is 4.07. The van der Waals surface area contributed by atoms with Crippen molar-refractivity contribution in [3.05, 3.63) is 28.0 Å². The average molecular weight is 340 g/mol. The van der Waals surface area contributed by atoms with Gasteiger partial charge in [0.15, 0.2) is 5.12 Å². The van der Waals surface area contributed by atoms with E-state index in [1.54, 1.807) is 24.8 Å². The Bertz CT molecular complexity index is 640. The van der Waals surface area contributed by atoms with Gasteiger partial charge in [-0.2, -0.15) is 0 Å². The van der Waals surface area contributed by atoms with Gasteiger partial charge in [-0.1, -0.05) is 10.8 Å². The van der Waals surface area contributed by atoms with Crippen molar-refractivity contribution in [1.29, 1.82) is 0 Å². The van der Waals surface area contributed by atoms with Crippen molar-refractivity contribution in [3.63, 3.8) is 0 Å². The van der Waals surface area contributed by atoms with E-state index in [1.165, 1.54) is 17.3 Å². The molecule has 0 fully saturated rings. The third-order valence-corrected chi connectivity index (χ3v) is 7.93. The number of hydrogen-bond acceptors (Lipinski definition) is 6. The molecule has 2 aliphatic rings. The number of rotatable bonds is 2. The van der Waals surface area contributed by atoms with Crippen molar-refractivity contribution in [1.82, 2.24) is 0 Å². The van der Waals surface area contributed by atoms with Crippen molar-refractivity contribution in [2.24, 2.45) is 0 Å². The highest BCUT2D eigenvalue weighted by Gasteiger charge is 2.44. The van der Waals surface area contributed by atoms with Gasteiger partial charge in [0.1, 0.15) is 5.75 Å². The van der Waals surface area contributed by atoms with Crippen molar-refractivity contribution >= 4 is 49.7 Å². The second-order valence-corrected chi connectivity index (χ2v) is 9.37. The van der Waals surface area contributed by atoms with Crippen molar-refractivity contribution in [2.75, 3.05) is 12.4 Å². The summed E-state index contributed by atoms with van der Waals surface area (Å²) in [6, 6.07) is 6.09. The van der Waals surface area contributed by atoms with Crippen LogP contribution in [0.25, 0.3) is 5.57 Å². The molecular weight excluding hydrogens is 322 g/mol. The molecule has 0 spiro atoms. The fourth-order valence-electron chi connectivity index (χ4n) is 2.62. The van der Waals surface area contributed by atoms with Crippen LogP contribution in [0.1, 0.15) is 26.3 Å². The number of ether oxygens (including phenoxy) is 1. The summed E-state index contributed by atoms with van der Waals surface area (Å²) in [4.78, 5) is 11.5. The van der Waals surface area contributed by atoms with Crippen LogP contribution in [0.2, 0.25) is 0 Å². The van der Waals surface area contributed by atoms with E-state index in [1.807, 2.05) is 16.9 Å². The first kappa shape index (κ1) is 15.2. The maximum atomic E-state index is 11.5. The number of anilines is 1. The van der Waals surface area contributed by atoms with Crippen LogP contribution in [-0.4, -0.2) is 23.0 Å². The fourth-order valence-corrected chi connectivity index (χ4v) is 7.49. The number of fused-ring (bicyclic) bond motifs is 3. The van der Waals surface area contributed by atoms with Gasteiger partial charge < -0.3 is 10.1 Å². The molecular formula is C15H17NO2S3. The molecule has 1 unspecified atom stereocenters. The molecule has 1 aromatic carbocycles. The van der Waals surface area contributed by atoms with E-state index in [9.17, 15) is 4.79 Å². The molecule has 1 atom stereocenters. The predicted molar refractivity (Wildman–Crippen MR) is 94.9 cm³/mol. The topological polar surface area (TPSA) is 38.3 Å². The van der Waals surface area contributed by atoms with E-state index in [2.05, 4.69) is 31.3 Å². The molecule has 0 radical (unpaired) electrons. The summed E-state index contributed by atoms with van der Waals surface area (Å²) in [7, 11) is 5.22. The number of carbonyl (C=O) groups excluding carboxylic acids is 1. The Hall–Kier alpha value is -0.720. The van der Waals surface area contributed by atoms with E-state index in [-0.39, 0.29) is 10.7 Å². The Kier molecular flexibility index (Phi) is 3.96. The largest absolute Gasteiger partial charge is 0.497 e. The van der Waals surface area contributed by atoms with Gasteiger partial charge in [0.25, 0.3) is 0 Å². The fraction of sp³-hybridized carbons (Fsp3) is 0.400. The number of benzene rings is 1. The Morgan fingerprint density at radius 3 is 2.86 bits per heavy atom. The molecule has 3 rings (SSSR count). The zero-order valence-corrected chi connectivity index (χ0v) is 14.8. The number of methoxy groups -OCH3 is 1.